The predicted octanol–water partition coefficient (Wildman–Crippen LogP) is 4.63. The van der Waals surface area contributed by atoms with E-state index in [9.17, 15) is 10.1 Å². The number of piperazine rings is 1. The summed E-state index contributed by atoms with van der Waals surface area (Å²) in [5.41, 5.74) is 6.38. The first kappa shape index (κ1) is 21.0. The Balaban J connectivity index is 1.26. The zero-order valence-electron chi connectivity index (χ0n) is 17.5. The second-order valence-corrected chi connectivity index (χ2v) is 9.15. The minimum Gasteiger partial charge on any atom is -0.368 e. The van der Waals surface area contributed by atoms with Gasteiger partial charge in [-0.05, 0) is 35.7 Å². The molecule has 33 heavy (non-hydrogen) atoms. The number of nitrogens with one attached hydrogen (secondary N) is 1. The fourth-order valence-corrected chi connectivity index (χ4v) is 5.31. The van der Waals surface area contributed by atoms with E-state index in [4.69, 9.17) is 6.42 Å². The van der Waals surface area contributed by atoms with Crippen molar-refractivity contribution < 1.29 is 4.79 Å². The maximum Gasteiger partial charge on any atom is 0.323 e. The molecule has 0 atom stereocenters. The maximum atomic E-state index is 12.5. The van der Waals surface area contributed by atoms with E-state index in [1.165, 1.54) is 11.3 Å². The molecule has 9 heteroatoms. The van der Waals surface area contributed by atoms with Gasteiger partial charge in [-0.1, -0.05) is 12.1 Å². The van der Waals surface area contributed by atoms with Crippen molar-refractivity contribution in [2.24, 2.45) is 0 Å². The van der Waals surface area contributed by atoms with Crippen LogP contribution in [-0.2, 0) is 0 Å². The quantitative estimate of drug-likeness (QED) is 0.442. The molecule has 0 aliphatic carbocycles. The standard InChI is InChI=1S/C24H18N6OS2/c1-2-21-27-20(14-32-21)28-24(31)30-11-9-29(10-12-30)18-6-3-16(4-7-18)22-17(13-25)5-8-19-23(22)33-15-26-19/h1,3-8,14-15H,9-12H2,(H,28,31). The van der Waals surface area contributed by atoms with Gasteiger partial charge < -0.3 is 9.80 Å². The fraction of sp³-hybridized carbons (Fsp3) is 0.167. The number of aromatic nitrogens is 2. The van der Waals surface area contributed by atoms with Crippen molar-refractivity contribution in [3.8, 4) is 29.5 Å². The molecule has 162 valence electrons. The number of urea groups is 1. The minimum atomic E-state index is -0.166. The molecule has 2 aromatic carbocycles. The van der Waals surface area contributed by atoms with E-state index in [2.05, 4.69) is 56.4 Å². The number of thiazole rings is 2. The van der Waals surface area contributed by atoms with E-state index in [1.807, 2.05) is 17.6 Å². The van der Waals surface area contributed by atoms with Crippen molar-refractivity contribution in [2.75, 3.05) is 36.4 Å². The van der Waals surface area contributed by atoms with Crippen molar-refractivity contribution in [1.82, 2.24) is 14.9 Å². The van der Waals surface area contributed by atoms with Crippen LogP contribution in [0.25, 0.3) is 21.3 Å². The van der Waals surface area contributed by atoms with Crippen molar-refractivity contribution in [3.63, 3.8) is 0 Å². The summed E-state index contributed by atoms with van der Waals surface area (Å²) in [6.07, 6.45) is 5.34. The molecule has 7 nitrogen and oxygen atoms in total. The number of carbonyl (C=O) groups excluding carboxylic acids is 1. The number of benzene rings is 2. The predicted molar refractivity (Wildman–Crippen MR) is 133 cm³/mol. The lowest BCUT2D eigenvalue weighted by molar-refractivity contribution is 0.208. The second-order valence-electron chi connectivity index (χ2n) is 7.43. The topological polar surface area (TPSA) is 85.2 Å². The van der Waals surface area contributed by atoms with Crippen molar-refractivity contribution in [2.45, 2.75) is 0 Å². The van der Waals surface area contributed by atoms with Crippen LogP contribution in [0.3, 0.4) is 0 Å². The number of anilines is 2. The van der Waals surface area contributed by atoms with E-state index < -0.39 is 0 Å². The first-order valence-electron chi connectivity index (χ1n) is 10.3. The third-order valence-corrected chi connectivity index (χ3v) is 7.20. The summed E-state index contributed by atoms with van der Waals surface area (Å²) in [6.45, 7) is 2.68. The Hall–Kier alpha value is -3.92. The van der Waals surface area contributed by atoms with Gasteiger partial charge in [0.15, 0.2) is 5.01 Å². The van der Waals surface area contributed by atoms with Crippen LogP contribution in [0.2, 0.25) is 0 Å². The lowest BCUT2D eigenvalue weighted by Gasteiger charge is -2.36. The van der Waals surface area contributed by atoms with Crippen molar-refractivity contribution in [3.05, 3.63) is 57.9 Å². The highest BCUT2D eigenvalue weighted by Crippen LogP contribution is 2.35. The highest BCUT2D eigenvalue weighted by Gasteiger charge is 2.22. The van der Waals surface area contributed by atoms with Gasteiger partial charge in [0.1, 0.15) is 5.82 Å². The number of rotatable bonds is 3. The first-order chi connectivity index (χ1) is 16.2. The van der Waals surface area contributed by atoms with Crippen LogP contribution in [0.1, 0.15) is 10.6 Å². The van der Waals surface area contributed by atoms with Crippen LogP contribution < -0.4 is 10.2 Å². The summed E-state index contributed by atoms with van der Waals surface area (Å²) in [5, 5.41) is 14.7. The van der Waals surface area contributed by atoms with E-state index in [0.29, 0.717) is 29.5 Å². The molecule has 0 bridgehead atoms. The van der Waals surface area contributed by atoms with Gasteiger partial charge in [0.25, 0.3) is 0 Å². The largest absolute Gasteiger partial charge is 0.368 e. The molecule has 0 spiro atoms. The van der Waals surface area contributed by atoms with Crippen molar-refractivity contribution in [1.29, 1.82) is 5.26 Å². The summed E-state index contributed by atoms with van der Waals surface area (Å²) >= 11 is 2.88. The van der Waals surface area contributed by atoms with E-state index in [0.717, 1.165) is 40.1 Å². The number of nitriles is 1. The smallest absolute Gasteiger partial charge is 0.323 e. The van der Waals surface area contributed by atoms with Crippen LogP contribution in [0.15, 0.2) is 47.3 Å². The van der Waals surface area contributed by atoms with Crippen LogP contribution in [0, 0.1) is 23.7 Å². The van der Waals surface area contributed by atoms with Gasteiger partial charge in [0.2, 0.25) is 0 Å². The number of nitrogens with zero attached hydrogens (tertiary/aromatic N) is 5. The number of amides is 2. The molecule has 1 aliphatic heterocycles. The molecule has 1 N–H and O–H groups in total. The molecule has 0 unspecified atom stereocenters. The summed E-state index contributed by atoms with van der Waals surface area (Å²) in [4.78, 5) is 25.1. The lowest BCUT2D eigenvalue weighted by Crippen LogP contribution is -2.50. The summed E-state index contributed by atoms with van der Waals surface area (Å²) in [7, 11) is 0. The molecule has 2 aromatic heterocycles. The Labute approximate surface area is 198 Å². The molecule has 0 saturated carbocycles. The molecule has 1 fully saturated rings. The second kappa shape index (κ2) is 8.91. The Morgan fingerprint density at radius 2 is 1.88 bits per heavy atom. The molecule has 2 amide bonds. The molecular weight excluding hydrogens is 452 g/mol. The molecule has 1 saturated heterocycles. The summed E-state index contributed by atoms with van der Waals surface area (Å²) < 4.78 is 1.02. The Kier molecular flexibility index (Phi) is 5.66. The molecule has 1 aliphatic rings. The van der Waals surface area contributed by atoms with Gasteiger partial charge in [0, 0.05) is 42.8 Å². The monoisotopic (exact) mass is 470 g/mol. The maximum absolute atomic E-state index is 12.5. The summed E-state index contributed by atoms with van der Waals surface area (Å²) in [6, 6.07) is 14.1. The van der Waals surface area contributed by atoms with Gasteiger partial charge >= 0.3 is 6.03 Å². The van der Waals surface area contributed by atoms with Gasteiger partial charge in [0.05, 0.1) is 27.4 Å². The van der Waals surface area contributed by atoms with E-state index >= 15 is 0 Å². The van der Waals surface area contributed by atoms with E-state index in [-0.39, 0.29) is 6.03 Å². The van der Waals surface area contributed by atoms with Gasteiger partial charge in [-0.2, -0.15) is 5.26 Å². The summed E-state index contributed by atoms with van der Waals surface area (Å²) in [5.74, 6) is 2.96. The fourth-order valence-electron chi connectivity index (χ4n) is 3.90. The number of terminal acetylenes is 1. The number of hydrogen-bond donors (Lipinski definition) is 1. The lowest BCUT2D eigenvalue weighted by atomic mass is 9.99. The number of hydrogen-bond acceptors (Lipinski definition) is 7. The normalized spacial score (nSPS) is 13.5. The van der Waals surface area contributed by atoms with Gasteiger partial charge in [-0.3, -0.25) is 5.32 Å². The Morgan fingerprint density at radius 1 is 1.09 bits per heavy atom. The average Bonchev–Trinajstić information content (AvgIpc) is 3.53. The molecule has 0 radical (unpaired) electrons. The molecule has 3 heterocycles. The SMILES string of the molecule is C#Cc1nc(NC(=O)N2CCN(c3ccc(-c4c(C#N)ccc5ncsc45)cc3)CC2)cs1. The van der Waals surface area contributed by atoms with Gasteiger partial charge in [-0.15, -0.1) is 29.1 Å². The number of carbonyl (C=O) groups is 1. The highest BCUT2D eigenvalue weighted by molar-refractivity contribution is 7.17. The zero-order valence-corrected chi connectivity index (χ0v) is 19.1. The molecule has 4 aromatic rings. The Morgan fingerprint density at radius 3 is 2.58 bits per heavy atom. The minimum absolute atomic E-state index is 0.166. The van der Waals surface area contributed by atoms with E-state index in [1.54, 1.807) is 21.6 Å². The molecule has 5 rings (SSSR count). The first-order valence-corrected chi connectivity index (χ1v) is 12.0. The van der Waals surface area contributed by atoms with Crippen LogP contribution >= 0.6 is 22.7 Å². The van der Waals surface area contributed by atoms with Crippen LogP contribution in [0.4, 0.5) is 16.3 Å². The highest BCUT2D eigenvalue weighted by atomic mass is 32.1. The van der Waals surface area contributed by atoms with Crippen LogP contribution in [-0.4, -0.2) is 47.1 Å². The van der Waals surface area contributed by atoms with Crippen molar-refractivity contribution >= 4 is 50.4 Å². The van der Waals surface area contributed by atoms with Gasteiger partial charge in [-0.25, -0.2) is 14.8 Å². The Bertz CT molecular complexity index is 1400. The molecular formula is C24H18N6OS2. The third-order valence-electron chi connectivity index (χ3n) is 5.57. The third kappa shape index (κ3) is 4.12. The number of fused-ring (bicyclic) bond motifs is 1. The zero-order chi connectivity index (χ0) is 22.8. The van der Waals surface area contributed by atoms with Crippen LogP contribution in [0.5, 0.6) is 0 Å². The average molecular weight is 471 g/mol.